The first-order valence-electron chi connectivity index (χ1n) is 9.25. The number of hydrogen-bond donors (Lipinski definition) is 1. The number of nitrogens with zero attached hydrogens (tertiary/aromatic N) is 2. The zero-order valence-corrected chi connectivity index (χ0v) is 16.4. The van der Waals surface area contributed by atoms with E-state index in [1.807, 2.05) is 30.3 Å². The number of benzene rings is 2. The number of rotatable bonds is 7. The van der Waals surface area contributed by atoms with Gasteiger partial charge in [0.2, 0.25) is 5.91 Å². The Kier molecular flexibility index (Phi) is 6.58. The Morgan fingerprint density at radius 1 is 1.00 bits per heavy atom. The van der Waals surface area contributed by atoms with E-state index < -0.39 is 6.04 Å². The monoisotopic (exact) mass is 389 g/mol. The van der Waals surface area contributed by atoms with E-state index in [4.69, 9.17) is 4.74 Å². The SMILES string of the molecule is CNC(=O)C(c1ccccn1)N(Cc1ccccc1)C(=O)c1ccc(OC)cc1. The van der Waals surface area contributed by atoms with Crippen molar-refractivity contribution in [1.29, 1.82) is 0 Å². The number of carbonyl (C=O) groups is 2. The summed E-state index contributed by atoms with van der Waals surface area (Å²) in [6.45, 7) is 0.264. The van der Waals surface area contributed by atoms with Gasteiger partial charge in [-0.1, -0.05) is 36.4 Å². The van der Waals surface area contributed by atoms with Crippen LogP contribution in [0.2, 0.25) is 0 Å². The fourth-order valence-corrected chi connectivity index (χ4v) is 3.07. The third-order valence-electron chi connectivity index (χ3n) is 4.57. The lowest BCUT2D eigenvalue weighted by Crippen LogP contribution is -2.42. The van der Waals surface area contributed by atoms with Gasteiger partial charge in [0.15, 0.2) is 6.04 Å². The zero-order chi connectivity index (χ0) is 20.6. The van der Waals surface area contributed by atoms with Crippen LogP contribution in [0, 0.1) is 0 Å². The van der Waals surface area contributed by atoms with Crippen LogP contribution in [0.4, 0.5) is 0 Å². The van der Waals surface area contributed by atoms with Crippen LogP contribution in [-0.4, -0.2) is 35.9 Å². The van der Waals surface area contributed by atoms with Crippen molar-refractivity contribution in [2.24, 2.45) is 0 Å². The van der Waals surface area contributed by atoms with Crippen molar-refractivity contribution in [3.8, 4) is 5.75 Å². The molecule has 0 aliphatic heterocycles. The molecule has 2 aromatic carbocycles. The fourth-order valence-electron chi connectivity index (χ4n) is 3.07. The van der Waals surface area contributed by atoms with Crippen LogP contribution < -0.4 is 10.1 Å². The van der Waals surface area contributed by atoms with Crippen LogP contribution in [0.15, 0.2) is 79.0 Å². The summed E-state index contributed by atoms with van der Waals surface area (Å²) in [4.78, 5) is 32.2. The van der Waals surface area contributed by atoms with Crippen molar-refractivity contribution < 1.29 is 14.3 Å². The van der Waals surface area contributed by atoms with E-state index in [0.717, 1.165) is 5.56 Å². The molecule has 0 saturated heterocycles. The molecule has 1 heterocycles. The minimum atomic E-state index is -0.865. The lowest BCUT2D eigenvalue weighted by atomic mass is 10.1. The van der Waals surface area contributed by atoms with Crippen molar-refractivity contribution >= 4 is 11.8 Å². The van der Waals surface area contributed by atoms with Crippen LogP contribution in [-0.2, 0) is 11.3 Å². The molecule has 1 atom stereocenters. The van der Waals surface area contributed by atoms with Gasteiger partial charge in [-0.3, -0.25) is 14.6 Å². The number of nitrogens with one attached hydrogen (secondary N) is 1. The molecule has 6 nitrogen and oxygen atoms in total. The Bertz CT molecular complexity index is 944. The van der Waals surface area contributed by atoms with E-state index >= 15 is 0 Å². The zero-order valence-electron chi connectivity index (χ0n) is 16.4. The van der Waals surface area contributed by atoms with Gasteiger partial charge in [-0.15, -0.1) is 0 Å². The van der Waals surface area contributed by atoms with E-state index in [2.05, 4.69) is 10.3 Å². The first kappa shape index (κ1) is 20.1. The molecular weight excluding hydrogens is 366 g/mol. The van der Waals surface area contributed by atoms with Crippen LogP contribution in [0.1, 0.15) is 27.7 Å². The molecule has 0 saturated carbocycles. The molecule has 0 spiro atoms. The number of methoxy groups -OCH3 is 1. The number of amides is 2. The summed E-state index contributed by atoms with van der Waals surface area (Å²) < 4.78 is 5.18. The summed E-state index contributed by atoms with van der Waals surface area (Å²) in [5.74, 6) is 0.0842. The minimum Gasteiger partial charge on any atom is -0.497 e. The third kappa shape index (κ3) is 4.79. The molecule has 3 rings (SSSR count). The van der Waals surface area contributed by atoms with Crippen LogP contribution in [0.5, 0.6) is 5.75 Å². The summed E-state index contributed by atoms with van der Waals surface area (Å²) in [5.41, 5.74) is 1.88. The first-order valence-corrected chi connectivity index (χ1v) is 9.25. The van der Waals surface area contributed by atoms with Gasteiger partial charge in [0.1, 0.15) is 5.75 Å². The highest BCUT2D eigenvalue weighted by Crippen LogP contribution is 2.25. The maximum Gasteiger partial charge on any atom is 0.255 e. The van der Waals surface area contributed by atoms with E-state index in [9.17, 15) is 9.59 Å². The molecule has 0 radical (unpaired) electrons. The molecule has 1 N–H and O–H groups in total. The predicted molar refractivity (Wildman–Crippen MR) is 110 cm³/mol. The Labute approximate surface area is 170 Å². The highest BCUT2D eigenvalue weighted by atomic mass is 16.5. The topological polar surface area (TPSA) is 71.5 Å². The number of likely N-dealkylation sites (N-methyl/N-ethyl adjacent to an activating group) is 1. The summed E-state index contributed by atoms with van der Waals surface area (Å²) in [5, 5.41) is 2.66. The Morgan fingerprint density at radius 2 is 1.69 bits per heavy atom. The average molecular weight is 389 g/mol. The second kappa shape index (κ2) is 9.50. The maximum absolute atomic E-state index is 13.5. The van der Waals surface area contributed by atoms with Crippen molar-refractivity contribution in [2.75, 3.05) is 14.2 Å². The molecule has 0 fully saturated rings. The Hall–Kier alpha value is -3.67. The van der Waals surface area contributed by atoms with Crippen molar-refractivity contribution in [3.63, 3.8) is 0 Å². The number of carbonyl (C=O) groups excluding carboxylic acids is 2. The molecular formula is C23H23N3O3. The molecule has 0 aliphatic carbocycles. The molecule has 2 amide bonds. The van der Waals surface area contributed by atoms with Gasteiger partial charge >= 0.3 is 0 Å². The quantitative estimate of drug-likeness (QED) is 0.674. The van der Waals surface area contributed by atoms with Crippen molar-refractivity contribution in [1.82, 2.24) is 15.2 Å². The molecule has 1 aromatic heterocycles. The van der Waals surface area contributed by atoms with Gasteiger partial charge in [-0.2, -0.15) is 0 Å². The summed E-state index contributed by atoms with van der Waals surface area (Å²) in [6.07, 6.45) is 1.61. The molecule has 3 aromatic rings. The number of pyridine rings is 1. The van der Waals surface area contributed by atoms with E-state index in [1.165, 1.54) is 4.90 Å². The van der Waals surface area contributed by atoms with Crippen molar-refractivity contribution in [3.05, 3.63) is 95.8 Å². The summed E-state index contributed by atoms with van der Waals surface area (Å²) >= 11 is 0. The Morgan fingerprint density at radius 3 is 2.28 bits per heavy atom. The minimum absolute atomic E-state index is 0.264. The summed E-state index contributed by atoms with van der Waals surface area (Å²) in [6, 6.07) is 20.9. The molecule has 148 valence electrons. The lowest BCUT2D eigenvalue weighted by molar-refractivity contribution is -0.125. The highest BCUT2D eigenvalue weighted by Gasteiger charge is 2.32. The van der Waals surface area contributed by atoms with Gasteiger partial charge in [0.25, 0.3) is 5.91 Å². The highest BCUT2D eigenvalue weighted by molar-refractivity contribution is 5.97. The molecule has 0 bridgehead atoms. The van der Waals surface area contributed by atoms with E-state index in [-0.39, 0.29) is 18.4 Å². The smallest absolute Gasteiger partial charge is 0.255 e. The number of aromatic nitrogens is 1. The second-order valence-corrected chi connectivity index (χ2v) is 6.42. The Balaban J connectivity index is 2.04. The standard InChI is InChI=1S/C23H23N3O3/c1-24-22(27)21(20-10-6-7-15-25-20)26(16-17-8-4-3-5-9-17)23(28)18-11-13-19(29-2)14-12-18/h3-15,21H,16H2,1-2H3,(H,24,27). The fraction of sp³-hybridized carbons (Fsp3) is 0.174. The maximum atomic E-state index is 13.5. The third-order valence-corrected chi connectivity index (χ3v) is 4.57. The molecule has 6 heteroatoms. The molecule has 1 unspecified atom stereocenters. The average Bonchev–Trinajstić information content (AvgIpc) is 2.79. The largest absolute Gasteiger partial charge is 0.497 e. The normalized spacial score (nSPS) is 11.4. The van der Waals surface area contributed by atoms with Gasteiger partial charge < -0.3 is 15.0 Å². The van der Waals surface area contributed by atoms with Gasteiger partial charge in [0.05, 0.1) is 12.8 Å². The molecule has 29 heavy (non-hydrogen) atoms. The number of ether oxygens (including phenoxy) is 1. The predicted octanol–water partition coefficient (Wildman–Crippen LogP) is 3.22. The summed E-state index contributed by atoms with van der Waals surface area (Å²) in [7, 11) is 3.12. The van der Waals surface area contributed by atoms with Crippen LogP contribution in [0.25, 0.3) is 0 Å². The first-order chi connectivity index (χ1) is 14.1. The molecule has 0 aliphatic rings. The lowest BCUT2D eigenvalue weighted by Gasteiger charge is -2.30. The van der Waals surface area contributed by atoms with E-state index in [0.29, 0.717) is 17.0 Å². The van der Waals surface area contributed by atoms with Crippen LogP contribution >= 0.6 is 0 Å². The van der Waals surface area contributed by atoms with Gasteiger partial charge in [-0.05, 0) is 42.0 Å². The van der Waals surface area contributed by atoms with E-state index in [1.54, 1.807) is 62.8 Å². The van der Waals surface area contributed by atoms with Crippen molar-refractivity contribution in [2.45, 2.75) is 12.6 Å². The number of hydrogen-bond acceptors (Lipinski definition) is 4. The van der Waals surface area contributed by atoms with Gasteiger partial charge in [0, 0.05) is 25.4 Å². The second-order valence-electron chi connectivity index (χ2n) is 6.42. The van der Waals surface area contributed by atoms with Gasteiger partial charge in [-0.25, -0.2) is 0 Å². The van der Waals surface area contributed by atoms with Crippen LogP contribution in [0.3, 0.4) is 0 Å².